The normalized spacial score (nSPS) is 15.9. The van der Waals surface area contributed by atoms with E-state index >= 15 is 0 Å². The van der Waals surface area contributed by atoms with Gasteiger partial charge in [-0.3, -0.25) is 0 Å². The molecule has 1 aromatic carbocycles. The number of halogens is 3. The molecule has 1 fully saturated rings. The first-order valence-electron chi connectivity index (χ1n) is 5.99. The molecule has 0 aromatic heterocycles. The highest BCUT2D eigenvalue weighted by atomic mass is 19.4. The standard InChI is InChI=1S/C13H16F3NO/c14-13(15,16)9-18-8-11-3-1-2-10(6-11)7-17-12-4-5-12/h1-3,6,12,17H,4-5,7-9H2. The van der Waals surface area contributed by atoms with Crippen LogP contribution in [-0.4, -0.2) is 18.8 Å². The van der Waals surface area contributed by atoms with Gasteiger partial charge in [0, 0.05) is 12.6 Å². The van der Waals surface area contributed by atoms with Gasteiger partial charge in [-0.05, 0) is 24.0 Å². The third-order valence-electron chi connectivity index (χ3n) is 2.70. The van der Waals surface area contributed by atoms with Crippen molar-refractivity contribution in [1.29, 1.82) is 0 Å². The number of nitrogens with one attached hydrogen (secondary N) is 1. The summed E-state index contributed by atoms with van der Waals surface area (Å²) in [6.07, 6.45) is -1.83. The maximum atomic E-state index is 11.9. The third-order valence-corrected chi connectivity index (χ3v) is 2.70. The van der Waals surface area contributed by atoms with Crippen LogP contribution in [0, 0.1) is 0 Å². The molecule has 1 aromatic rings. The molecule has 1 aliphatic carbocycles. The Bertz CT molecular complexity index is 388. The molecule has 5 heteroatoms. The van der Waals surface area contributed by atoms with E-state index in [1.807, 2.05) is 18.2 Å². The van der Waals surface area contributed by atoms with Crippen molar-refractivity contribution >= 4 is 0 Å². The fourth-order valence-electron chi connectivity index (χ4n) is 1.66. The highest BCUT2D eigenvalue weighted by Crippen LogP contribution is 2.19. The lowest BCUT2D eigenvalue weighted by Gasteiger charge is -2.09. The van der Waals surface area contributed by atoms with E-state index in [4.69, 9.17) is 0 Å². The van der Waals surface area contributed by atoms with Crippen LogP contribution in [0.2, 0.25) is 0 Å². The van der Waals surface area contributed by atoms with E-state index in [0.29, 0.717) is 6.04 Å². The van der Waals surface area contributed by atoms with Crippen LogP contribution in [0.4, 0.5) is 13.2 Å². The van der Waals surface area contributed by atoms with Crippen molar-refractivity contribution in [2.45, 2.75) is 38.2 Å². The summed E-state index contributed by atoms with van der Waals surface area (Å²) in [6, 6.07) is 8.08. The second-order valence-electron chi connectivity index (χ2n) is 4.58. The van der Waals surface area contributed by atoms with Gasteiger partial charge >= 0.3 is 6.18 Å². The molecular weight excluding hydrogens is 243 g/mol. The largest absolute Gasteiger partial charge is 0.411 e. The van der Waals surface area contributed by atoms with Crippen LogP contribution in [-0.2, 0) is 17.9 Å². The van der Waals surface area contributed by atoms with E-state index in [9.17, 15) is 13.2 Å². The molecule has 1 saturated carbocycles. The van der Waals surface area contributed by atoms with Gasteiger partial charge in [0.25, 0.3) is 0 Å². The monoisotopic (exact) mass is 259 g/mol. The Kier molecular flexibility index (Phi) is 4.24. The zero-order valence-electron chi connectivity index (χ0n) is 9.96. The first-order chi connectivity index (χ1) is 8.53. The number of hydrogen-bond acceptors (Lipinski definition) is 2. The Hall–Kier alpha value is -1.07. The molecule has 0 bridgehead atoms. The van der Waals surface area contributed by atoms with Crippen LogP contribution >= 0.6 is 0 Å². The van der Waals surface area contributed by atoms with E-state index in [1.54, 1.807) is 6.07 Å². The molecule has 18 heavy (non-hydrogen) atoms. The van der Waals surface area contributed by atoms with E-state index in [-0.39, 0.29) is 6.61 Å². The van der Waals surface area contributed by atoms with Gasteiger partial charge in [0.15, 0.2) is 0 Å². The second kappa shape index (κ2) is 5.71. The van der Waals surface area contributed by atoms with Gasteiger partial charge < -0.3 is 10.1 Å². The minimum Gasteiger partial charge on any atom is -0.367 e. The fraction of sp³-hybridized carbons (Fsp3) is 0.538. The molecule has 1 N–H and O–H groups in total. The van der Waals surface area contributed by atoms with Crippen LogP contribution in [0.25, 0.3) is 0 Å². The van der Waals surface area contributed by atoms with Gasteiger partial charge in [0.2, 0.25) is 0 Å². The molecule has 0 heterocycles. The van der Waals surface area contributed by atoms with Crippen molar-refractivity contribution in [3.8, 4) is 0 Å². The summed E-state index contributed by atoms with van der Waals surface area (Å²) in [5.41, 5.74) is 1.85. The van der Waals surface area contributed by atoms with Crippen molar-refractivity contribution in [2.24, 2.45) is 0 Å². The fourth-order valence-corrected chi connectivity index (χ4v) is 1.66. The Morgan fingerprint density at radius 2 is 1.94 bits per heavy atom. The zero-order valence-corrected chi connectivity index (χ0v) is 9.96. The van der Waals surface area contributed by atoms with Gasteiger partial charge in [0.1, 0.15) is 6.61 Å². The summed E-state index contributed by atoms with van der Waals surface area (Å²) in [5.74, 6) is 0. The number of alkyl halides is 3. The molecule has 0 saturated heterocycles. The lowest BCUT2D eigenvalue weighted by molar-refractivity contribution is -0.176. The Labute approximate surface area is 104 Å². The summed E-state index contributed by atoms with van der Waals surface area (Å²) in [6.45, 7) is -0.438. The van der Waals surface area contributed by atoms with E-state index < -0.39 is 12.8 Å². The molecule has 0 radical (unpaired) electrons. The summed E-state index contributed by atoms with van der Waals surface area (Å²) in [7, 11) is 0. The maximum absolute atomic E-state index is 11.9. The minimum absolute atomic E-state index is 0.00320. The number of hydrogen-bond donors (Lipinski definition) is 1. The Morgan fingerprint density at radius 1 is 1.22 bits per heavy atom. The topological polar surface area (TPSA) is 21.3 Å². The van der Waals surface area contributed by atoms with Crippen molar-refractivity contribution < 1.29 is 17.9 Å². The zero-order chi connectivity index (χ0) is 13.0. The molecule has 100 valence electrons. The summed E-state index contributed by atoms with van der Waals surface area (Å²) in [5, 5.41) is 3.36. The van der Waals surface area contributed by atoms with Crippen LogP contribution in [0.1, 0.15) is 24.0 Å². The van der Waals surface area contributed by atoms with Crippen LogP contribution in [0.5, 0.6) is 0 Å². The van der Waals surface area contributed by atoms with Crippen LogP contribution in [0.15, 0.2) is 24.3 Å². The van der Waals surface area contributed by atoms with Gasteiger partial charge in [-0.1, -0.05) is 24.3 Å². The average Bonchev–Trinajstić information content (AvgIpc) is 3.09. The van der Waals surface area contributed by atoms with E-state index in [2.05, 4.69) is 10.1 Å². The molecule has 0 unspecified atom stereocenters. The summed E-state index contributed by atoms with van der Waals surface area (Å²) < 4.78 is 40.4. The number of benzene rings is 1. The van der Waals surface area contributed by atoms with Gasteiger partial charge in [0.05, 0.1) is 6.61 Å². The molecule has 0 atom stereocenters. The molecular formula is C13H16F3NO. The predicted octanol–water partition coefficient (Wildman–Crippen LogP) is 3.02. The molecule has 0 spiro atoms. The van der Waals surface area contributed by atoms with Crippen LogP contribution < -0.4 is 5.32 Å². The summed E-state index contributed by atoms with van der Waals surface area (Å²) >= 11 is 0. The molecule has 2 nitrogen and oxygen atoms in total. The molecule has 0 aliphatic heterocycles. The predicted molar refractivity (Wildman–Crippen MR) is 62.0 cm³/mol. The summed E-state index contributed by atoms with van der Waals surface area (Å²) in [4.78, 5) is 0. The van der Waals surface area contributed by atoms with Gasteiger partial charge in [-0.2, -0.15) is 13.2 Å². The van der Waals surface area contributed by atoms with Crippen molar-refractivity contribution in [3.63, 3.8) is 0 Å². The van der Waals surface area contributed by atoms with Crippen LogP contribution in [0.3, 0.4) is 0 Å². The molecule has 1 aliphatic rings. The second-order valence-corrected chi connectivity index (χ2v) is 4.58. The highest BCUT2D eigenvalue weighted by Gasteiger charge is 2.27. The Balaban J connectivity index is 1.78. The van der Waals surface area contributed by atoms with Gasteiger partial charge in [-0.15, -0.1) is 0 Å². The van der Waals surface area contributed by atoms with E-state index in [0.717, 1.165) is 17.7 Å². The highest BCUT2D eigenvalue weighted by molar-refractivity contribution is 5.23. The third kappa shape index (κ3) is 5.06. The van der Waals surface area contributed by atoms with Crippen molar-refractivity contribution in [3.05, 3.63) is 35.4 Å². The lowest BCUT2D eigenvalue weighted by Crippen LogP contribution is -2.17. The minimum atomic E-state index is -4.26. The quantitative estimate of drug-likeness (QED) is 0.848. The van der Waals surface area contributed by atoms with E-state index in [1.165, 1.54) is 12.8 Å². The van der Waals surface area contributed by atoms with Gasteiger partial charge in [-0.25, -0.2) is 0 Å². The first-order valence-corrected chi connectivity index (χ1v) is 5.99. The Morgan fingerprint density at radius 3 is 2.61 bits per heavy atom. The van der Waals surface area contributed by atoms with Crippen molar-refractivity contribution in [1.82, 2.24) is 5.32 Å². The maximum Gasteiger partial charge on any atom is 0.411 e. The molecule has 0 amide bonds. The first kappa shape index (κ1) is 13.4. The average molecular weight is 259 g/mol. The smallest absolute Gasteiger partial charge is 0.367 e. The number of ether oxygens (including phenoxy) is 1. The number of rotatable bonds is 6. The molecule has 2 rings (SSSR count). The lowest BCUT2D eigenvalue weighted by atomic mass is 10.1. The van der Waals surface area contributed by atoms with Crippen molar-refractivity contribution in [2.75, 3.05) is 6.61 Å². The SMILES string of the molecule is FC(F)(F)COCc1cccc(CNC2CC2)c1.